The smallest absolute Gasteiger partial charge is 0.230 e. The molecule has 0 aromatic carbocycles. The summed E-state index contributed by atoms with van der Waals surface area (Å²) in [5.74, 6) is 0.480. The molecular formula is C16H31FN8O. The number of quaternary nitrogens is 1. The van der Waals surface area contributed by atoms with Crippen molar-refractivity contribution in [1.29, 1.82) is 0 Å². The molecular weight excluding hydrogens is 339 g/mol. The van der Waals surface area contributed by atoms with E-state index in [9.17, 15) is 9.18 Å². The third-order valence-electron chi connectivity index (χ3n) is 6.29. The van der Waals surface area contributed by atoms with Gasteiger partial charge in [0.15, 0.2) is 6.17 Å². The van der Waals surface area contributed by atoms with Gasteiger partial charge >= 0.3 is 0 Å². The molecule has 4 rings (SSSR count). The third-order valence-corrected chi connectivity index (χ3v) is 6.29. The maximum atomic E-state index is 13.6. The van der Waals surface area contributed by atoms with Crippen molar-refractivity contribution in [2.75, 3.05) is 39.3 Å². The highest BCUT2D eigenvalue weighted by molar-refractivity contribution is 5.81. The average Bonchev–Trinajstić information content (AvgIpc) is 2.97. The molecule has 26 heavy (non-hydrogen) atoms. The largest absolute Gasteiger partial charge is 0.436 e. The van der Waals surface area contributed by atoms with Crippen LogP contribution in [-0.4, -0.2) is 69.7 Å². The van der Waals surface area contributed by atoms with Crippen molar-refractivity contribution >= 4 is 5.91 Å². The molecule has 10 heteroatoms. The van der Waals surface area contributed by atoms with Gasteiger partial charge in [-0.2, -0.15) is 0 Å². The Bertz CT molecular complexity index is 505. The normalized spacial score (nSPS) is 46.5. The van der Waals surface area contributed by atoms with Crippen LogP contribution >= 0.6 is 0 Å². The maximum Gasteiger partial charge on any atom is 0.230 e. The second-order valence-electron chi connectivity index (χ2n) is 7.95. The number of nitrogens with one attached hydrogen (secondary N) is 6. The second kappa shape index (κ2) is 8.01. The number of nitrogens with two attached hydrogens (primary N) is 1. The number of amides is 1. The summed E-state index contributed by atoms with van der Waals surface area (Å²) in [6, 6.07) is 0.0925. The van der Waals surface area contributed by atoms with Crippen molar-refractivity contribution in [3.63, 3.8) is 0 Å². The number of carbonyl (C=O) groups excluding carboxylic acids is 1. The van der Waals surface area contributed by atoms with Crippen LogP contribution in [0.1, 0.15) is 12.8 Å². The minimum Gasteiger partial charge on any atom is -0.436 e. The minimum absolute atomic E-state index is 0.0633. The van der Waals surface area contributed by atoms with Crippen LogP contribution in [0.3, 0.4) is 0 Å². The molecule has 1 amide bonds. The maximum absolute atomic E-state index is 13.6. The highest BCUT2D eigenvalue weighted by Crippen LogP contribution is 2.26. The van der Waals surface area contributed by atoms with E-state index in [0.717, 1.165) is 39.0 Å². The number of rotatable bonds is 3. The molecule has 0 bridgehead atoms. The van der Waals surface area contributed by atoms with Gasteiger partial charge in [-0.25, -0.2) is 4.39 Å². The Hall–Kier alpha value is -0.880. The summed E-state index contributed by atoms with van der Waals surface area (Å²) in [4.78, 5) is 13.0. The van der Waals surface area contributed by atoms with Gasteiger partial charge in [0, 0.05) is 32.2 Å². The summed E-state index contributed by atoms with van der Waals surface area (Å²) in [5.41, 5.74) is 16.9. The number of hydrogen-bond acceptors (Lipinski definition) is 6. The van der Waals surface area contributed by atoms with Crippen LogP contribution in [0.4, 0.5) is 4.39 Å². The van der Waals surface area contributed by atoms with Crippen LogP contribution in [0.5, 0.6) is 0 Å². The molecule has 4 aliphatic heterocycles. The van der Waals surface area contributed by atoms with Crippen molar-refractivity contribution < 1.29 is 14.2 Å². The predicted octanol–water partition coefficient (Wildman–Crippen LogP) is -3.45. The molecule has 0 aromatic rings. The molecule has 8 unspecified atom stereocenters. The number of hydrogen-bond donors (Lipinski definition) is 7. The summed E-state index contributed by atoms with van der Waals surface area (Å²) >= 11 is 0. The molecule has 8 atom stereocenters. The molecule has 9 nitrogen and oxygen atoms in total. The number of fused-ring (bicyclic) bond motifs is 1. The molecule has 4 heterocycles. The van der Waals surface area contributed by atoms with Crippen LogP contribution < -0.4 is 37.5 Å². The van der Waals surface area contributed by atoms with Gasteiger partial charge < -0.3 is 26.8 Å². The molecule has 0 saturated carbocycles. The second-order valence-corrected chi connectivity index (χ2v) is 7.95. The van der Waals surface area contributed by atoms with Gasteiger partial charge in [0.25, 0.3) is 0 Å². The van der Waals surface area contributed by atoms with Gasteiger partial charge in [-0.15, -0.1) is 0 Å². The van der Waals surface area contributed by atoms with Crippen LogP contribution in [0.15, 0.2) is 0 Å². The van der Waals surface area contributed by atoms with Crippen molar-refractivity contribution in [3.8, 4) is 0 Å². The molecule has 4 aliphatic rings. The lowest BCUT2D eigenvalue weighted by Gasteiger charge is -2.41. The first-order chi connectivity index (χ1) is 12.6. The van der Waals surface area contributed by atoms with Gasteiger partial charge in [-0.3, -0.25) is 21.0 Å². The monoisotopic (exact) mass is 370 g/mol. The fourth-order valence-electron chi connectivity index (χ4n) is 4.94. The number of piperidine rings is 1. The molecule has 148 valence electrons. The first kappa shape index (κ1) is 18.5. The Morgan fingerprint density at radius 3 is 2.88 bits per heavy atom. The molecule has 0 radical (unpaired) electrons. The Kier molecular flexibility index (Phi) is 5.69. The van der Waals surface area contributed by atoms with Crippen molar-refractivity contribution in [1.82, 2.24) is 26.8 Å². The average molecular weight is 370 g/mol. The zero-order valence-electron chi connectivity index (χ0n) is 15.0. The van der Waals surface area contributed by atoms with E-state index in [4.69, 9.17) is 5.73 Å². The van der Waals surface area contributed by atoms with E-state index in [2.05, 4.69) is 32.2 Å². The molecule has 4 fully saturated rings. The van der Waals surface area contributed by atoms with Crippen LogP contribution in [0.2, 0.25) is 0 Å². The summed E-state index contributed by atoms with van der Waals surface area (Å²) in [5, 5.41) is 10.5. The lowest BCUT2D eigenvalue weighted by Crippen LogP contribution is -3.15. The zero-order valence-corrected chi connectivity index (χ0v) is 15.0. The van der Waals surface area contributed by atoms with Crippen molar-refractivity contribution in [2.45, 2.75) is 37.4 Å². The molecule has 4 saturated heterocycles. The minimum atomic E-state index is -0.946. The van der Waals surface area contributed by atoms with Crippen LogP contribution in [0.25, 0.3) is 5.43 Å². The Morgan fingerprint density at radius 2 is 2.08 bits per heavy atom. The van der Waals surface area contributed by atoms with Gasteiger partial charge in [-0.1, -0.05) is 0 Å². The lowest BCUT2D eigenvalue weighted by atomic mass is 9.79. The zero-order chi connectivity index (χ0) is 18.1. The van der Waals surface area contributed by atoms with E-state index in [1.54, 1.807) is 0 Å². The van der Waals surface area contributed by atoms with Crippen molar-refractivity contribution in [3.05, 3.63) is 5.43 Å². The number of nitrogens with zero attached hydrogens (tertiary/aromatic N) is 1. The van der Waals surface area contributed by atoms with E-state index in [0.29, 0.717) is 16.8 Å². The Labute approximate surface area is 153 Å². The van der Waals surface area contributed by atoms with Gasteiger partial charge in [0.2, 0.25) is 5.91 Å². The van der Waals surface area contributed by atoms with E-state index in [-0.39, 0.29) is 31.2 Å². The predicted molar refractivity (Wildman–Crippen MR) is 94.4 cm³/mol. The highest BCUT2D eigenvalue weighted by Gasteiger charge is 2.45. The lowest BCUT2D eigenvalue weighted by molar-refractivity contribution is -0.891. The van der Waals surface area contributed by atoms with E-state index >= 15 is 0 Å². The number of hydrazine groups is 1. The fourth-order valence-corrected chi connectivity index (χ4v) is 4.94. The number of halogens is 1. The molecule has 0 aliphatic carbocycles. The highest BCUT2D eigenvalue weighted by atomic mass is 19.1. The summed E-state index contributed by atoms with van der Waals surface area (Å²) in [6.45, 7) is 4.18. The molecule has 0 aromatic heterocycles. The summed E-state index contributed by atoms with van der Waals surface area (Å²) in [6.07, 6.45) is 0.401. The summed E-state index contributed by atoms with van der Waals surface area (Å²) < 4.78 is 13.6. The summed E-state index contributed by atoms with van der Waals surface area (Å²) in [7, 11) is 0. The van der Waals surface area contributed by atoms with E-state index in [1.165, 1.54) is 0 Å². The Balaban J connectivity index is 1.41. The van der Waals surface area contributed by atoms with Crippen molar-refractivity contribution in [2.24, 2.45) is 23.5 Å². The van der Waals surface area contributed by atoms with Gasteiger partial charge in [0.05, 0.1) is 0 Å². The van der Waals surface area contributed by atoms with Gasteiger partial charge in [0.1, 0.15) is 18.6 Å². The SMILES string of the molecule is NC1[N-][NH+]2CC(F)CNC2C1C(=O)NC1CNCCC1C1CCNNC1. The quantitative estimate of drug-likeness (QED) is 0.277. The van der Waals surface area contributed by atoms with Crippen LogP contribution in [0, 0.1) is 17.8 Å². The fraction of sp³-hybridized carbons (Fsp3) is 0.938. The topological polar surface area (TPSA) is 122 Å². The van der Waals surface area contributed by atoms with E-state index in [1.807, 2.05) is 0 Å². The third kappa shape index (κ3) is 3.72. The molecule has 0 spiro atoms. The molecule has 8 N–H and O–H groups in total. The Morgan fingerprint density at radius 1 is 1.19 bits per heavy atom. The number of carbonyl (C=O) groups is 1. The number of alkyl halides is 1. The van der Waals surface area contributed by atoms with Crippen LogP contribution in [-0.2, 0) is 4.79 Å². The first-order valence-corrected chi connectivity index (χ1v) is 9.80. The standard InChI is InChI=1S/C16H31FN8O/c17-10-6-20-15-13(14(18)24-25(15)8-10)16(26)23-12-7-19-3-2-11(12)9-1-4-21-22-5-9/h9-15,19-22,25H,1-8,18H2,(H,23,26). The van der Waals surface area contributed by atoms with Gasteiger partial charge in [-0.05, 0) is 37.4 Å². The first-order valence-electron chi connectivity index (χ1n) is 9.80. The van der Waals surface area contributed by atoms with E-state index < -0.39 is 18.3 Å².